The Hall–Kier alpha value is -1.07. The fourth-order valence-corrected chi connectivity index (χ4v) is 4.97. The van der Waals surface area contributed by atoms with Gasteiger partial charge in [0.2, 0.25) is 10.0 Å². The Bertz CT molecular complexity index is 576. The molecule has 20 heavy (non-hydrogen) atoms. The summed E-state index contributed by atoms with van der Waals surface area (Å²) in [6.07, 6.45) is 3.83. The molecule has 1 aliphatic carbocycles. The van der Waals surface area contributed by atoms with Crippen molar-refractivity contribution in [2.45, 2.75) is 56.9 Å². The van der Waals surface area contributed by atoms with Crippen LogP contribution in [0.1, 0.15) is 43.7 Å². The normalized spacial score (nSPS) is 17.6. The van der Waals surface area contributed by atoms with Crippen molar-refractivity contribution in [2.24, 2.45) is 0 Å². The first-order valence-electron chi connectivity index (χ1n) is 7.16. The van der Waals surface area contributed by atoms with E-state index in [9.17, 15) is 8.42 Å². The SMILES string of the molecule is CCC1(NS(=O)(=O)c2c(C)cc(NC)cc2C)CCC1. The van der Waals surface area contributed by atoms with Crippen LogP contribution in [0.2, 0.25) is 0 Å². The van der Waals surface area contributed by atoms with Gasteiger partial charge in [0.15, 0.2) is 0 Å². The van der Waals surface area contributed by atoms with Crippen molar-refractivity contribution in [3.8, 4) is 0 Å². The second-order valence-corrected chi connectivity index (χ2v) is 7.40. The molecule has 1 fully saturated rings. The van der Waals surface area contributed by atoms with Gasteiger partial charge in [-0.15, -0.1) is 0 Å². The summed E-state index contributed by atoms with van der Waals surface area (Å²) in [7, 11) is -1.62. The van der Waals surface area contributed by atoms with E-state index in [-0.39, 0.29) is 5.54 Å². The predicted molar refractivity (Wildman–Crippen MR) is 82.7 cm³/mol. The number of hydrogen-bond acceptors (Lipinski definition) is 3. The highest BCUT2D eigenvalue weighted by atomic mass is 32.2. The molecule has 0 bridgehead atoms. The molecule has 1 aliphatic rings. The van der Waals surface area contributed by atoms with Gasteiger partial charge in [0.1, 0.15) is 0 Å². The zero-order valence-corrected chi connectivity index (χ0v) is 13.5. The summed E-state index contributed by atoms with van der Waals surface area (Å²) in [5.74, 6) is 0. The molecule has 0 amide bonds. The maximum absolute atomic E-state index is 12.7. The Kier molecular flexibility index (Phi) is 4.12. The van der Waals surface area contributed by atoms with E-state index in [1.807, 2.05) is 40.0 Å². The summed E-state index contributed by atoms with van der Waals surface area (Å²) >= 11 is 0. The van der Waals surface area contributed by atoms with Gasteiger partial charge >= 0.3 is 0 Å². The van der Waals surface area contributed by atoms with Gasteiger partial charge in [0.25, 0.3) is 0 Å². The number of nitrogens with one attached hydrogen (secondary N) is 2. The Balaban J connectivity index is 2.39. The van der Waals surface area contributed by atoms with Gasteiger partial charge in [-0.3, -0.25) is 0 Å². The van der Waals surface area contributed by atoms with E-state index >= 15 is 0 Å². The molecular weight excluding hydrogens is 272 g/mol. The highest BCUT2D eigenvalue weighted by Crippen LogP contribution is 2.37. The summed E-state index contributed by atoms with van der Waals surface area (Å²) in [6, 6.07) is 3.75. The maximum atomic E-state index is 12.7. The molecular formula is C15H24N2O2S. The molecule has 0 heterocycles. The molecule has 0 radical (unpaired) electrons. The Morgan fingerprint density at radius 2 is 1.75 bits per heavy atom. The molecule has 1 aromatic carbocycles. The number of rotatable bonds is 5. The lowest BCUT2D eigenvalue weighted by molar-refractivity contribution is 0.214. The minimum Gasteiger partial charge on any atom is -0.388 e. The summed E-state index contributed by atoms with van der Waals surface area (Å²) in [6.45, 7) is 5.75. The largest absolute Gasteiger partial charge is 0.388 e. The molecule has 0 atom stereocenters. The van der Waals surface area contributed by atoms with E-state index in [0.717, 1.165) is 42.5 Å². The fourth-order valence-electron chi connectivity index (χ4n) is 2.99. The minimum atomic E-state index is -3.46. The van der Waals surface area contributed by atoms with Crippen LogP contribution in [0.15, 0.2) is 17.0 Å². The van der Waals surface area contributed by atoms with E-state index in [1.165, 1.54) is 0 Å². The van der Waals surface area contributed by atoms with Crippen LogP contribution in [0.3, 0.4) is 0 Å². The van der Waals surface area contributed by atoms with E-state index < -0.39 is 10.0 Å². The summed E-state index contributed by atoms with van der Waals surface area (Å²) in [5, 5.41) is 3.05. The van der Waals surface area contributed by atoms with Gasteiger partial charge in [0.05, 0.1) is 4.90 Å². The second kappa shape index (κ2) is 5.37. The van der Waals surface area contributed by atoms with Crippen LogP contribution in [0.25, 0.3) is 0 Å². The van der Waals surface area contributed by atoms with Gasteiger partial charge < -0.3 is 5.32 Å². The van der Waals surface area contributed by atoms with Crippen LogP contribution in [0, 0.1) is 13.8 Å². The Morgan fingerprint density at radius 1 is 1.20 bits per heavy atom. The first-order valence-corrected chi connectivity index (χ1v) is 8.65. The Morgan fingerprint density at radius 3 is 2.10 bits per heavy atom. The molecule has 2 rings (SSSR count). The second-order valence-electron chi connectivity index (χ2n) is 5.78. The van der Waals surface area contributed by atoms with E-state index in [2.05, 4.69) is 10.0 Å². The number of benzene rings is 1. The first-order chi connectivity index (χ1) is 9.33. The van der Waals surface area contributed by atoms with Crippen molar-refractivity contribution < 1.29 is 8.42 Å². The number of aryl methyl sites for hydroxylation is 2. The van der Waals surface area contributed by atoms with Crippen molar-refractivity contribution >= 4 is 15.7 Å². The standard InChI is InChI=1S/C15H24N2O2S/c1-5-15(7-6-8-15)17-20(18,19)14-11(2)9-13(16-4)10-12(14)3/h9-10,16-17H,5-8H2,1-4H3. The quantitative estimate of drug-likeness (QED) is 0.878. The smallest absolute Gasteiger partial charge is 0.241 e. The zero-order valence-electron chi connectivity index (χ0n) is 12.7. The van der Waals surface area contributed by atoms with Gasteiger partial charge in [-0.25, -0.2) is 13.1 Å². The monoisotopic (exact) mass is 296 g/mol. The molecule has 0 spiro atoms. The summed E-state index contributed by atoms with van der Waals surface area (Å²) in [4.78, 5) is 0.427. The summed E-state index contributed by atoms with van der Waals surface area (Å²) in [5.41, 5.74) is 2.28. The van der Waals surface area contributed by atoms with E-state index in [0.29, 0.717) is 4.90 Å². The lowest BCUT2D eigenvalue weighted by atomic mass is 9.76. The molecule has 2 N–H and O–H groups in total. The van der Waals surface area contributed by atoms with Crippen molar-refractivity contribution in [1.29, 1.82) is 0 Å². The third-order valence-electron chi connectivity index (χ3n) is 4.36. The molecule has 5 heteroatoms. The molecule has 1 aromatic rings. The topological polar surface area (TPSA) is 58.2 Å². The molecule has 0 aromatic heterocycles. The van der Waals surface area contributed by atoms with Gasteiger partial charge in [-0.2, -0.15) is 0 Å². The Labute approximate surface area is 122 Å². The minimum absolute atomic E-state index is 0.223. The molecule has 0 unspecified atom stereocenters. The van der Waals surface area contributed by atoms with E-state index in [1.54, 1.807) is 0 Å². The number of sulfonamides is 1. The van der Waals surface area contributed by atoms with Crippen molar-refractivity contribution in [3.63, 3.8) is 0 Å². The van der Waals surface area contributed by atoms with E-state index in [4.69, 9.17) is 0 Å². The van der Waals surface area contributed by atoms with Crippen LogP contribution in [-0.4, -0.2) is 21.0 Å². The average Bonchev–Trinajstić information content (AvgIpc) is 2.32. The predicted octanol–water partition coefficient (Wildman–Crippen LogP) is 2.96. The fraction of sp³-hybridized carbons (Fsp3) is 0.600. The maximum Gasteiger partial charge on any atom is 0.241 e. The average molecular weight is 296 g/mol. The lowest BCUT2D eigenvalue weighted by Crippen LogP contribution is -2.53. The molecule has 0 saturated heterocycles. The third-order valence-corrected chi connectivity index (χ3v) is 6.24. The van der Waals surface area contributed by atoms with Crippen molar-refractivity contribution in [3.05, 3.63) is 23.3 Å². The molecule has 112 valence electrons. The molecule has 1 saturated carbocycles. The number of anilines is 1. The highest BCUT2D eigenvalue weighted by Gasteiger charge is 2.39. The third kappa shape index (κ3) is 2.69. The van der Waals surface area contributed by atoms with Gasteiger partial charge in [0, 0.05) is 18.3 Å². The lowest BCUT2D eigenvalue weighted by Gasteiger charge is -2.41. The highest BCUT2D eigenvalue weighted by molar-refractivity contribution is 7.89. The van der Waals surface area contributed by atoms with Crippen LogP contribution >= 0.6 is 0 Å². The van der Waals surface area contributed by atoms with Gasteiger partial charge in [-0.1, -0.05) is 6.92 Å². The zero-order chi connectivity index (χ0) is 15.0. The van der Waals surface area contributed by atoms with Crippen LogP contribution in [0.4, 0.5) is 5.69 Å². The van der Waals surface area contributed by atoms with Crippen molar-refractivity contribution in [1.82, 2.24) is 4.72 Å². The summed E-state index contributed by atoms with van der Waals surface area (Å²) < 4.78 is 28.4. The number of hydrogen-bond donors (Lipinski definition) is 2. The molecule has 4 nitrogen and oxygen atoms in total. The van der Waals surface area contributed by atoms with Gasteiger partial charge in [-0.05, 0) is 62.8 Å². The molecule has 0 aliphatic heterocycles. The van der Waals surface area contributed by atoms with Crippen LogP contribution in [0.5, 0.6) is 0 Å². The first kappa shape index (κ1) is 15.3. The van der Waals surface area contributed by atoms with Crippen LogP contribution in [-0.2, 0) is 10.0 Å². The van der Waals surface area contributed by atoms with Crippen LogP contribution < -0.4 is 10.0 Å². The van der Waals surface area contributed by atoms with Crippen molar-refractivity contribution in [2.75, 3.05) is 12.4 Å².